The van der Waals surface area contributed by atoms with Gasteiger partial charge in [-0.1, -0.05) is 0 Å². The van der Waals surface area contributed by atoms with E-state index >= 15 is 0 Å². The summed E-state index contributed by atoms with van der Waals surface area (Å²) < 4.78 is 37.8. The van der Waals surface area contributed by atoms with Gasteiger partial charge in [-0.2, -0.15) is 5.10 Å². The third kappa shape index (κ3) is 3.80. The average molecular weight is 317 g/mol. The van der Waals surface area contributed by atoms with Crippen molar-refractivity contribution in [3.63, 3.8) is 0 Å². The van der Waals surface area contributed by atoms with Crippen LogP contribution in [-0.2, 0) is 16.1 Å². The number of carbonyl (C=O) groups excluding carboxylic acids is 1. The number of ether oxygens (including phenoxy) is 2. The molecule has 1 aromatic rings. The van der Waals surface area contributed by atoms with Crippen LogP contribution in [0.5, 0.6) is 0 Å². The lowest BCUT2D eigenvalue weighted by Gasteiger charge is -2.31. The van der Waals surface area contributed by atoms with Crippen LogP contribution in [0.1, 0.15) is 42.2 Å². The summed E-state index contributed by atoms with van der Waals surface area (Å²) in [4.78, 5) is 13.7. The molecule has 0 radical (unpaired) electrons. The topological polar surface area (TPSA) is 56.6 Å². The number of halogens is 2. The largest absolute Gasteiger partial charge is 0.462 e. The molecule has 0 spiro atoms. The van der Waals surface area contributed by atoms with E-state index in [2.05, 4.69) is 5.10 Å². The minimum Gasteiger partial charge on any atom is -0.462 e. The van der Waals surface area contributed by atoms with E-state index in [1.807, 2.05) is 4.90 Å². The van der Waals surface area contributed by atoms with Crippen LogP contribution < -0.4 is 0 Å². The highest BCUT2D eigenvalue weighted by Crippen LogP contribution is 2.24. The molecule has 0 bridgehead atoms. The molecule has 0 amide bonds. The molecule has 0 unspecified atom stereocenters. The Morgan fingerprint density at radius 3 is 2.68 bits per heavy atom. The van der Waals surface area contributed by atoms with Crippen LogP contribution in [0.25, 0.3) is 0 Å². The Kier molecular flexibility index (Phi) is 5.84. The van der Waals surface area contributed by atoms with Crippen molar-refractivity contribution in [3.05, 3.63) is 17.5 Å². The predicted molar refractivity (Wildman–Crippen MR) is 74.7 cm³/mol. The second kappa shape index (κ2) is 7.64. The van der Waals surface area contributed by atoms with Crippen molar-refractivity contribution in [2.24, 2.45) is 0 Å². The highest BCUT2D eigenvalue weighted by molar-refractivity contribution is 5.90. The van der Waals surface area contributed by atoms with Crippen LogP contribution in [0.3, 0.4) is 0 Å². The van der Waals surface area contributed by atoms with Gasteiger partial charge >= 0.3 is 5.97 Å². The Morgan fingerprint density at radius 1 is 1.45 bits per heavy atom. The zero-order valence-corrected chi connectivity index (χ0v) is 12.8. The fourth-order valence-corrected chi connectivity index (χ4v) is 2.58. The summed E-state index contributed by atoms with van der Waals surface area (Å²) in [6, 6.07) is 0. The molecule has 124 valence electrons. The maximum Gasteiger partial charge on any atom is 0.341 e. The standard InChI is InChI=1S/C14H21F2N3O3/c1-3-22-14(20)11-8-17-19(12(11)13(15)16)9-18-6-4-10(21-2)5-7-18/h8,10,13H,3-7,9H2,1-2H3. The maximum atomic E-state index is 13.3. The third-order valence-electron chi connectivity index (χ3n) is 3.78. The van der Waals surface area contributed by atoms with Gasteiger partial charge in [0, 0.05) is 20.2 Å². The first-order valence-electron chi connectivity index (χ1n) is 7.32. The number of likely N-dealkylation sites (tertiary alicyclic amines) is 1. The fourth-order valence-electron chi connectivity index (χ4n) is 2.58. The number of carbonyl (C=O) groups is 1. The lowest BCUT2D eigenvalue weighted by atomic mass is 10.1. The number of nitrogens with zero attached hydrogens (tertiary/aromatic N) is 3. The van der Waals surface area contributed by atoms with Crippen molar-refractivity contribution in [2.75, 3.05) is 26.8 Å². The van der Waals surface area contributed by atoms with E-state index in [-0.39, 0.29) is 30.6 Å². The zero-order valence-electron chi connectivity index (χ0n) is 12.8. The Balaban J connectivity index is 2.09. The van der Waals surface area contributed by atoms with Crippen molar-refractivity contribution in [1.29, 1.82) is 0 Å². The number of esters is 1. The summed E-state index contributed by atoms with van der Waals surface area (Å²) in [6.45, 7) is 3.49. The Labute approximate surface area is 128 Å². The first-order chi connectivity index (χ1) is 10.6. The summed E-state index contributed by atoms with van der Waals surface area (Å²) in [5.74, 6) is -0.762. The minimum absolute atomic E-state index is 0.136. The predicted octanol–water partition coefficient (Wildman–Crippen LogP) is 2.07. The number of hydrogen-bond donors (Lipinski definition) is 0. The minimum atomic E-state index is -2.78. The molecule has 1 fully saturated rings. The fraction of sp³-hybridized carbons (Fsp3) is 0.714. The molecule has 0 atom stereocenters. The first-order valence-corrected chi connectivity index (χ1v) is 7.32. The van der Waals surface area contributed by atoms with Gasteiger partial charge in [-0.25, -0.2) is 18.3 Å². The lowest BCUT2D eigenvalue weighted by Crippen LogP contribution is -2.38. The second-order valence-corrected chi connectivity index (χ2v) is 5.16. The summed E-state index contributed by atoms with van der Waals surface area (Å²) >= 11 is 0. The van der Waals surface area contributed by atoms with Gasteiger partial charge < -0.3 is 9.47 Å². The second-order valence-electron chi connectivity index (χ2n) is 5.16. The van der Waals surface area contributed by atoms with Gasteiger partial charge in [0.2, 0.25) is 0 Å². The molecule has 1 saturated heterocycles. The van der Waals surface area contributed by atoms with Crippen LogP contribution >= 0.6 is 0 Å². The van der Waals surface area contributed by atoms with Crippen molar-refractivity contribution in [3.8, 4) is 0 Å². The molecule has 1 aromatic heterocycles. The Bertz CT molecular complexity index is 500. The van der Waals surface area contributed by atoms with Gasteiger partial charge in [-0.05, 0) is 19.8 Å². The zero-order chi connectivity index (χ0) is 16.1. The number of piperidine rings is 1. The number of alkyl halides is 2. The van der Waals surface area contributed by atoms with Crippen LogP contribution in [0.15, 0.2) is 6.20 Å². The summed E-state index contributed by atoms with van der Waals surface area (Å²) in [5, 5.41) is 3.94. The van der Waals surface area contributed by atoms with Crippen molar-refractivity contribution in [2.45, 2.75) is 39.0 Å². The summed E-state index contributed by atoms with van der Waals surface area (Å²) in [5.41, 5.74) is -0.545. The first kappa shape index (κ1) is 16.8. The summed E-state index contributed by atoms with van der Waals surface area (Å²) in [6.07, 6.45) is 0.303. The number of methoxy groups -OCH3 is 1. The third-order valence-corrected chi connectivity index (χ3v) is 3.78. The monoisotopic (exact) mass is 317 g/mol. The normalized spacial score (nSPS) is 17.1. The van der Waals surface area contributed by atoms with E-state index in [0.29, 0.717) is 0 Å². The lowest BCUT2D eigenvalue weighted by molar-refractivity contribution is 0.0279. The van der Waals surface area contributed by atoms with Crippen molar-refractivity contribution >= 4 is 5.97 Å². The molecule has 6 nitrogen and oxygen atoms in total. The molecule has 1 aliphatic rings. The van der Waals surface area contributed by atoms with Crippen LogP contribution in [-0.4, -0.2) is 53.6 Å². The maximum absolute atomic E-state index is 13.3. The molecule has 2 heterocycles. The molecule has 0 aromatic carbocycles. The molecular formula is C14H21F2N3O3. The van der Waals surface area contributed by atoms with Gasteiger partial charge in [-0.15, -0.1) is 0 Å². The van der Waals surface area contributed by atoms with E-state index < -0.39 is 12.4 Å². The van der Waals surface area contributed by atoms with Crippen LogP contribution in [0, 0.1) is 0 Å². The molecule has 0 saturated carbocycles. The molecule has 0 aliphatic carbocycles. The number of rotatable bonds is 6. The van der Waals surface area contributed by atoms with Gasteiger partial charge in [-0.3, -0.25) is 4.90 Å². The van der Waals surface area contributed by atoms with Crippen molar-refractivity contribution in [1.82, 2.24) is 14.7 Å². The van der Waals surface area contributed by atoms with Gasteiger partial charge in [0.15, 0.2) is 0 Å². The number of hydrogen-bond acceptors (Lipinski definition) is 5. The molecule has 22 heavy (non-hydrogen) atoms. The average Bonchev–Trinajstić information content (AvgIpc) is 2.92. The van der Waals surface area contributed by atoms with E-state index in [1.54, 1.807) is 14.0 Å². The smallest absolute Gasteiger partial charge is 0.341 e. The van der Waals surface area contributed by atoms with Gasteiger partial charge in [0.25, 0.3) is 6.43 Å². The molecule has 8 heteroatoms. The Hall–Kier alpha value is -1.54. The molecule has 1 aliphatic heterocycles. The van der Waals surface area contributed by atoms with E-state index in [1.165, 1.54) is 4.68 Å². The Morgan fingerprint density at radius 2 is 2.14 bits per heavy atom. The van der Waals surface area contributed by atoms with Crippen LogP contribution in [0.2, 0.25) is 0 Å². The summed E-state index contributed by atoms with van der Waals surface area (Å²) in [7, 11) is 1.67. The van der Waals surface area contributed by atoms with Gasteiger partial charge in [0.05, 0.1) is 25.6 Å². The molecule has 2 rings (SSSR count). The van der Waals surface area contributed by atoms with Crippen molar-refractivity contribution < 1.29 is 23.0 Å². The SMILES string of the molecule is CCOC(=O)c1cnn(CN2CCC(OC)CC2)c1C(F)F. The number of aromatic nitrogens is 2. The van der Waals surface area contributed by atoms with Gasteiger partial charge in [0.1, 0.15) is 11.3 Å². The van der Waals surface area contributed by atoms with E-state index in [0.717, 1.165) is 32.1 Å². The highest BCUT2D eigenvalue weighted by Gasteiger charge is 2.27. The van der Waals surface area contributed by atoms with E-state index in [4.69, 9.17) is 9.47 Å². The van der Waals surface area contributed by atoms with E-state index in [9.17, 15) is 13.6 Å². The molecular weight excluding hydrogens is 296 g/mol. The van der Waals surface area contributed by atoms with Crippen LogP contribution in [0.4, 0.5) is 8.78 Å². The quantitative estimate of drug-likeness (QED) is 0.752. The highest BCUT2D eigenvalue weighted by atomic mass is 19.3. The molecule has 0 N–H and O–H groups in total.